The Hall–Kier alpha value is -6.69. The van der Waals surface area contributed by atoms with Crippen LogP contribution >= 0.6 is 0 Å². The van der Waals surface area contributed by atoms with Crippen LogP contribution in [0.25, 0.3) is 0 Å². The first kappa shape index (κ1) is 54.3. The molecule has 17 heteroatoms. The molecule has 0 saturated carbocycles. The molecule has 0 aliphatic heterocycles. The number of aliphatic imine (C=N–C) groups is 4. The van der Waals surface area contributed by atoms with E-state index in [0.717, 1.165) is 13.1 Å². The molecule has 0 aliphatic carbocycles. The van der Waals surface area contributed by atoms with Gasteiger partial charge >= 0.3 is 33.8 Å². The van der Waals surface area contributed by atoms with Gasteiger partial charge in [-0.3, -0.25) is 20.0 Å². The topological polar surface area (TPSA) is 284 Å². The average molecular weight is 940 g/mol. The predicted octanol–water partition coefficient (Wildman–Crippen LogP) is 2.30. The van der Waals surface area contributed by atoms with Crippen LogP contribution < -0.4 is 41.3 Å². The molecule has 0 spiro atoms. The third kappa shape index (κ3) is 20.2. The third-order valence-corrected chi connectivity index (χ3v) is 8.02. The molecule has 6 N–H and O–H groups in total. The van der Waals surface area contributed by atoms with E-state index in [1.165, 1.54) is 73.4 Å². The Morgan fingerprint density at radius 2 is 0.746 bits per heavy atom. The van der Waals surface area contributed by atoms with Crippen molar-refractivity contribution in [2.45, 2.75) is 0 Å². The summed E-state index contributed by atoms with van der Waals surface area (Å²) in [6, 6.07) is 34.3. The number of hydrogen-bond donors (Lipinski definition) is 4. The number of nitrogens with one attached hydrogen (secondary N) is 2. The average Bonchev–Trinajstić information content (AvgIpc) is 3.23. The van der Waals surface area contributed by atoms with Crippen LogP contribution in [0.5, 0.6) is 46.0 Å². The fraction of sp³-hybridized carbons (Fsp3) is 0.130. The van der Waals surface area contributed by atoms with Gasteiger partial charge in [-0.05, 0) is 58.7 Å². The van der Waals surface area contributed by atoms with Crippen LogP contribution in [0.3, 0.4) is 0 Å². The SMILES string of the molecule is O.[Co+3].[Fe+5].[O-]c1cc(O)ccc1C=NCCNCCNCCN=Cc1ccc(O)cc1[O-].[O-]c1ccccc1C=Nc1ccccc1[O-].[O-]c1ccccc1C=Nc1ccccc1[O-]. The monoisotopic (exact) mass is 939 g/mol. The zero-order valence-corrected chi connectivity index (χ0v) is 35.7. The van der Waals surface area contributed by atoms with Crippen LogP contribution in [0.1, 0.15) is 22.3 Å². The molecule has 15 nitrogen and oxygen atoms in total. The minimum Gasteiger partial charge on any atom is -0.872 e. The van der Waals surface area contributed by atoms with Gasteiger partial charge in [-0.25, -0.2) is 0 Å². The summed E-state index contributed by atoms with van der Waals surface area (Å²) < 4.78 is 0. The molecular formula is C46H44CoFeN6O9+2. The van der Waals surface area contributed by atoms with Crippen molar-refractivity contribution in [3.8, 4) is 46.0 Å². The number of hydrogen-bond acceptors (Lipinski definition) is 14. The van der Waals surface area contributed by atoms with Crippen molar-refractivity contribution in [3.05, 3.63) is 156 Å². The van der Waals surface area contributed by atoms with Crippen LogP contribution in [0.2, 0.25) is 0 Å². The summed E-state index contributed by atoms with van der Waals surface area (Å²) in [4.78, 5) is 16.4. The molecule has 6 aromatic carbocycles. The second kappa shape index (κ2) is 30.4. The normalized spacial score (nSPS) is 10.6. The maximum atomic E-state index is 11.6. The van der Waals surface area contributed by atoms with Gasteiger partial charge in [-0.2, -0.15) is 0 Å². The molecule has 6 rings (SSSR count). The summed E-state index contributed by atoms with van der Waals surface area (Å²) in [7, 11) is 0. The van der Waals surface area contributed by atoms with Crippen LogP contribution in [0, 0.1) is 0 Å². The Morgan fingerprint density at radius 1 is 0.413 bits per heavy atom. The van der Waals surface area contributed by atoms with E-state index in [-0.39, 0.29) is 85.3 Å². The van der Waals surface area contributed by atoms with Crippen LogP contribution in [0.4, 0.5) is 11.4 Å². The van der Waals surface area contributed by atoms with Gasteiger partial charge in [0.15, 0.2) is 0 Å². The van der Waals surface area contributed by atoms with Gasteiger partial charge in [-0.1, -0.05) is 120 Å². The van der Waals surface area contributed by atoms with Crippen molar-refractivity contribution in [1.29, 1.82) is 0 Å². The number of aromatic hydroxyl groups is 2. The van der Waals surface area contributed by atoms with Crippen molar-refractivity contribution in [3.63, 3.8) is 0 Å². The number of rotatable bonds is 15. The molecule has 63 heavy (non-hydrogen) atoms. The van der Waals surface area contributed by atoms with E-state index in [1.807, 2.05) is 0 Å². The van der Waals surface area contributed by atoms with Crippen molar-refractivity contribution >= 4 is 36.2 Å². The molecular weight excluding hydrogens is 895 g/mol. The minimum absolute atomic E-state index is 0. The summed E-state index contributed by atoms with van der Waals surface area (Å²) in [5, 5.41) is 93.3. The summed E-state index contributed by atoms with van der Waals surface area (Å²) >= 11 is 0. The largest absolute Gasteiger partial charge is 5.00 e. The van der Waals surface area contributed by atoms with Gasteiger partial charge in [0, 0.05) is 51.0 Å². The Morgan fingerprint density at radius 3 is 1.10 bits per heavy atom. The molecule has 0 heterocycles. The molecule has 0 unspecified atom stereocenters. The van der Waals surface area contributed by atoms with E-state index in [1.54, 1.807) is 84.9 Å². The number of phenolic OH excluding ortho intramolecular Hbond substituents is 2. The summed E-state index contributed by atoms with van der Waals surface area (Å²) in [5.74, 6) is -1.09. The van der Waals surface area contributed by atoms with E-state index in [4.69, 9.17) is 0 Å². The molecule has 0 saturated heterocycles. The van der Waals surface area contributed by atoms with E-state index in [0.29, 0.717) is 59.8 Å². The zero-order valence-electron chi connectivity index (χ0n) is 33.6. The zero-order chi connectivity index (χ0) is 43.0. The molecule has 0 fully saturated rings. The van der Waals surface area contributed by atoms with Gasteiger partial charge in [0.2, 0.25) is 0 Å². The maximum absolute atomic E-state index is 11.6. The van der Waals surface area contributed by atoms with Gasteiger partial charge < -0.3 is 57.0 Å². The minimum atomic E-state index is -0.250. The molecule has 1 radical (unpaired) electrons. The number of para-hydroxylation sites is 6. The maximum Gasteiger partial charge on any atom is 5.00 e. The van der Waals surface area contributed by atoms with Crippen LogP contribution in [0.15, 0.2) is 153 Å². The predicted molar refractivity (Wildman–Crippen MR) is 227 cm³/mol. The molecule has 327 valence electrons. The van der Waals surface area contributed by atoms with E-state index < -0.39 is 0 Å². The van der Waals surface area contributed by atoms with E-state index >= 15 is 0 Å². The Bertz CT molecular complexity index is 2120. The quantitative estimate of drug-likeness (QED) is 0.0662. The van der Waals surface area contributed by atoms with Gasteiger partial charge in [0.1, 0.15) is 11.5 Å². The molecule has 0 aliphatic rings. The number of phenols is 2. The molecule has 6 aromatic rings. The van der Waals surface area contributed by atoms with Crippen LogP contribution in [-0.4, -0.2) is 79.8 Å². The second-order valence-corrected chi connectivity index (χ2v) is 12.5. The number of benzene rings is 6. The third-order valence-electron chi connectivity index (χ3n) is 8.02. The Balaban J connectivity index is 0.000000489. The van der Waals surface area contributed by atoms with Gasteiger partial charge in [0.25, 0.3) is 0 Å². The summed E-state index contributed by atoms with van der Waals surface area (Å²) in [5.41, 5.74) is 2.54. The standard InChI is InChI=1S/C20H26N4O4.2C13H11NO2.Co.Fe.H2O/c25-17-3-1-15(19(27)11-17)13-23-9-7-21-5-6-22-8-10-24-14-16-2-4-18(26)12-20(16)28;2*15-12-7-3-1-5-10(12)9-14-11-6-2-4-8-13(11)16;;;/h1-4,11-14,21-22,25-28H,5-10H2;2*1-9,15-16H;;;1H2/q;;;+3;+5;/p-6. The first-order valence-corrected chi connectivity index (χ1v) is 18.6. The fourth-order valence-corrected chi connectivity index (χ4v) is 4.88. The van der Waals surface area contributed by atoms with Crippen molar-refractivity contribution in [2.75, 3.05) is 39.3 Å². The molecule has 0 amide bonds. The van der Waals surface area contributed by atoms with Crippen molar-refractivity contribution in [1.82, 2.24) is 10.6 Å². The van der Waals surface area contributed by atoms with Gasteiger partial charge in [-0.15, -0.1) is 11.5 Å². The van der Waals surface area contributed by atoms with Crippen molar-refractivity contribution < 1.29 is 80.2 Å². The molecule has 0 aromatic heterocycles. The molecule has 0 bridgehead atoms. The Labute approximate surface area is 386 Å². The smallest absolute Gasteiger partial charge is 0.872 e. The van der Waals surface area contributed by atoms with Gasteiger partial charge in [0.05, 0.1) is 24.5 Å². The fourth-order valence-electron chi connectivity index (χ4n) is 4.88. The Kier molecular flexibility index (Phi) is 26.2. The van der Waals surface area contributed by atoms with Crippen molar-refractivity contribution in [2.24, 2.45) is 20.0 Å². The first-order chi connectivity index (χ1) is 29.1. The first-order valence-electron chi connectivity index (χ1n) is 18.6. The summed E-state index contributed by atoms with van der Waals surface area (Å²) in [6.07, 6.45) is 5.86. The molecule has 0 atom stereocenters. The second-order valence-electron chi connectivity index (χ2n) is 12.5. The van der Waals surface area contributed by atoms with E-state index in [9.17, 15) is 40.9 Å². The summed E-state index contributed by atoms with van der Waals surface area (Å²) in [6.45, 7) is 4.02. The van der Waals surface area contributed by atoms with Crippen LogP contribution in [-0.2, 0) is 33.8 Å². The number of nitrogens with zero attached hydrogens (tertiary/aromatic N) is 4. The van der Waals surface area contributed by atoms with E-state index in [2.05, 4.69) is 30.6 Å².